The second-order valence-electron chi connectivity index (χ2n) is 6.71. The number of hydrogen-bond donors (Lipinski definition) is 2. The molecule has 1 aliphatic heterocycles. The molecule has 27 heavy (non-hydrogen) atoms. The van der Waals surface area contributed by atoms with E-state index in [2.05, 4.69) is 9.62 Å². The first kappa shape index (κ1) is 19.7. The Hall–Kier alpha value is -2.09. The molecule has 0 saturated carbocycles. The van der Waals surface area contributed by atoms with Crippen molar-refractivity contribution in [1.29, 1.82) is 0 Å². The van der Waals surface area contributed by atoms with Crippen LogP contribution in [0.15, 0.2) is 53.4 Å². The number of piperidine rings is 1. The predicted octanol–water partition coefficient (Wildman–Crippen LogP) is 2.84. The van der Waals surface area contributed by atoms with Crippen LogP contribution >= 0.6 is 11.6 Å². The lowest BCUT2D eigenvalue weighted by molar-refractivity contribution is -0.123. The van der Waals surface area contributed by atoms with Gasteiger partial charge in [-0.05, 0) is 49.2 Å². The van der Waals surface area contributed by atoms with E-state index in [9.17, 15) is 13.2 Å². The third-order valence-corrected chi connectivity index (χ3v) is 6.53. The van der Waals surface area contributed by atoms with Gasteiger partial charge in [-0.15, -0.1) is 0 Å². The number of nitrogens with zero attached hydrogens (tertiary/aromatic N) is 1. The Morgan fingerprint density at radius 1 is 1.19 bits per heavy atom. The van der Waals surface area contributed by atoms with Gasteiger partial charge in [0, 0.05) is 18.8 Å². The molecule has 1 fully saturated rings. The maximum Gasteiger partial charge on any atom is 0.263 e. The van der Waals surface area contributed by atoms with Crippen LogP contribution in [0.4, 0.5) is 5.69 Å². The Kier molecular flexibility index (Phi) is 6.04. The van der Waals surface area contributed by atoms with Crippen molar-refractivity contribution in [3.05, 3.63) is 59.1 Å². The van der Waals surface area contributed by atoms with Crippen molar-refractivity contribution in [3.63, 3.8) is 0 Å². The first-order chi connectivity index (χ1) is 12.8. The Bertz CT molecular complexity index is 916. The van der Waals surface area contributed by atoms with E-state index in [0.29, 0.717) is 18.8 Å². The van der Waals surface area contributed by atoms with Crippen LogP contribution < -0.4 is 10.5 Å². The van der Waals surface area contributed by atoms with Gasteiger partial charge in [0.25, 0.3) is 10.0 Å². The minimum atomic E-state index is -3.74. The summed E-state index contributed by atoms with van der Waals surface area (Å²) in [5, 5.41) is 0.177. The fraction of sp³-hybridized carbons (Fsp3) is 0.316. The number of carbonyl (C=O) groups is 1. The van der Waals surface area contributed by atoms with E-state index >= 15 is 0 Å². The second-order valence-corrected chi connectivity index (χ2v) is 8.77. The number of nitrogens with one attached hydrogen (secondary N) is 1. The molecule has 2 aromatic carbocycles. The SMILES string of the molecule is NC(=O)C1CCCN(Cc2ccc(NS(=O)(=O)c3ccccc3Cl)cc2)C1. The number of hydrogen-bond acceptors (Lipinski definition) is 4. The van der Waals surface area contributed by atoms with Gasteiger partial charge < -0.3 is 5.73 Å². The molecule has 1 unspecified atom stereocenters. The number of nitrogens with two attached hydrogens (primary N) is 1. The number of benzene rings is 2. The molecule has 1 aliphatic rings. The van der Waals surface area contributed by atoms with Crippen molar-refractivity contribution in [2.45, 2.75) is 24.3 Å². The average Bonchev–Trinajstić information content (AvgIpc) is 2.63. The first-order valence-electron chi connectivity index (χ1n) is 8.73. The van der Waals surface area contributed by atoms with Crippen molar-refractivity contribution in [2.75, 3.05) is 17.8 Å². The molecule has 1 amide bonds. The van der Waals surface area contributed by atoms with Crippen LogP contribution in [0.5, 0.6) is 0 Å². The van der Waals surface area contributed by atoms with Crippen LogP contribution in [0.2, 0.25) is 5.02 Å². The highest BCUT2D eigenvalue weighted by molar-refractivity contribution is 7.92. The number of anilines is 1. The quantitative estimate of drug-likeness (QED) is 0.770. The van der Waals surface area contributed by atoms with Crippen molar-refractivity contribution >= 4 is 33.2 Å². The van der Waals surface area contributed by atoms with Crippen LogP contribution in [0.25, 0.3) is 0 Å². The normalized spacial score (nSPS) is 18.2. The Morgan fingerprint density at radius 2 is 1.89 bits per heavy atom. The molecular weight excluding hydrogens is 386 g/mol. The second kappa shape index (κ2) is 8.29. The number of halogens is 1. The van der Waals surface area contributed by atoms with Crippen molar-refractivity contribution in [2.24, 2.45) is 11.7 Å². The first-order valence-corrected chi connectivity index (χ1v) is 10.6. The molecule has 3 rings (SSSR count). The molecule has 8 heteroatoms. The Labute approximate surface area is 164 Å². The Balaban J connectivity index is 1.65. The third kappa shape index (κ3) is 5.00. The molecule has 3 N–H and O–H groups in total. The summed E-state index contributed by atoms with van der Waals surface area (Å²) in [5.41, 5.74) is 6.93. The van der Waals surface area contributed by atoms with Crippen LogP contribution in [0.1, 0.15) is 18.4 Å². The molecule has 6 nitrogen and oxygen atoms in total. The highest BCUT2D eigenvalue weighted by Crippen LogP contribution is 2.24. The number of carbonyl (C=O) groups excluding carboxylic acids is 1. The summed E-state index contributed by atoms with van der Waals surface area (Å²) >= 11 is 5.99. The number of primary amides is 1. The lowest BCUT2D eigenvalue weighted by atomic mass is 9.97. The lowest BCUT2D eigenvalue weighted by Gasteiger charge is -2.31. The maximum atomic E-state index is 12.5. The van der Waals surface area contributed by atoms with Crippen molar-refractivity contribution in [3.8, 4) is 0 Å². The average molecular weight is 408 g/mol. The zero-order valence-corrected chi connectivity index (χ0v) is 16.3. The monoisotopic (exact) mass is 407 g/mol. The predicted molar refractivity (Wildman–Crippen MR) is 106 cm³/mol. The highest BCUT2D eigenvalue weighted by Gasteiger charge is 2.24. The zero-order chi connectivity index (χ0) is 19.4. The van der Waals surface area contributed by atoms with Gasteiger partial charge in [-0.1, -0.05) is 35.9 Å². The van der Waals surface area contributed by atoms with Gasteiger partial charge in [0.15, 0.2) is 0 Å². The summed E-state index contributed by atoms with van der Waals surface area (Å²) in [6.45, 7) is 2.28. The number of amides is 1. The molecule has 0 bridgehead atoms. The fourth-order valence-electron chi connectivity index (χ4n) is 3.24. The summed E-state index contributed by atoms with van der Waals surface area (Å²) in [6.07, 6.45) is 1.79. The standard InChI is InChI=1S/C19H22ClN3O3S/c20-17-5-1-2-6-18(17)27(25,26)22-16-9-7-14(8-10-16)12-23-11-3-4-15(13-23)19(21)24/h1-2,5-10,15,22H,3-4,11-13H2,(H2,21,24). The zero-order valence-electron chi connectivity index (χ0n) is 14.8. The molecule has 1 heterocycles. The number of likely N-dealkylation sites (tertiary alicyclic amines) is 1. The summed E-state index contributed by atoms with van der Waals surface area (Å²) < 4.78 is 27.5. The molecule has 2 aromatic rings. The van der Waals surface area contributed by atoms with E-state index in [1.54, 1.807) is 24.3 Å². The summed E-state index contributed by atoms with van der Waals surface area (Å²) in [4.78, 5) is 13.6. The van der Waals surface area contributed by atoms with E-state index in [-0.39, 0.29) is 21.7 Å². The molecule has 144 valence electrons. The van der Waals surface area contributed by atoms with Crippen LogP contribution in [0.3, 0.4) is 0 Å². The Morgan fingerprint density at radius 3 is 2.56 bits per heavy atom. The fourth-order valence-corrected chi connectivity index (χ4v) is 4.82. The van der Waals surface area contributed by atoms with Crippen LogP contribution in [-0.2, 0) is 21.4 Å². The smallest absolute Gasteiger partial charge is 0.263 e. The molecule has 0 spiro atoms. The summed E-state index contributed by atoms with van der Waals surface area (Å²) in [6, 6.07) is 13.5. The topological polar surface area (TPSA) is 92.5 Å². The molecule has 0 aliphatic carbocycles. The third-order valence-electron chi connectivity index (χ3n) is 4.65. The minimum Gasteiger partial charge on any atom is -0.369 e. The van der Waals surface area contributed by atoms with E-state index in [4.69, 9.17) is 17.3 Å². The maximum absolute atomic E-state index is 12.5. The number of sulfonamides is 1. The molecular formula is C19H22ClN3O3S. The van der Waals surface area contributed by atoms with E-state index in [0.717, 1.165) is 24.9 Å². The van der Waals surface area contributed by atoms with Crippen molar-refractivity contribution < 1.29 is 13.2 Å². The van der Waals surface area contributed by atoms with E-state index in [1.165, 1.54) is 12.1 Å². The molecule has 1 atom stereocenters. The summed E-state index contributed by atoms with van der Waals surface area (Å²) in [7, 11) is -3.74. The van der Waals surface area contributed by atoms with Gasteiger partial charge in [0.1, 0.15) is 4.90 Å². The van der Waals surface area contributed by atoms with Gasteiger partial charge in [0.2, 0.25) is 5.91 Å². The van der Waals surface area contributed by atoms with Gasteiger partial charge in [-0.2, -0.15) is 0 Å². The van der Waals surface area contributed by atoms with Crippen molar-refractivity contribution in [1.82, 2.24) is 4.90 Å². The number of rotatable bonds is 6. The lowest BCUT2D eigenvalue weighted by Crippen LogP contribution is -2.40. The highest BCUT2D eigenvalue weighted by atomic mass is 35.5. The van der Waals surface area contributed by atoms with E-state index in [1.807, 2.05) is 12.1 Å². The van der Waals surface area contributed by atoms with Gasteiger partial charge in [0.05, 0.1) is 10.9 Å². The van der Waals surface area contributed by atoms with Gasteiger partial charge in [-0.3, -0.25) is 14.4 Å². The van der Waals surface area contributed by atoms with Gasteiger partial charge >= 0.3 is 0 Å². The van der Waals surface area contributed by atoms with Crippen LogP contribution in [0, 0.1) is 5.92 Å². The minimum absolute atomic E-state index is 0.0431. The molecule has 1 saturated heterocycles. The summed E-state index contributed by atoms with van der Waals surface area (Å²) in [5.74, 6) is -0.343. The van der Waals surface area contributed by atoms with Crippen LogP contribution in [-0.4, -0.2) is 32.3 Å². The van der Waals surface area contributed by atoms with E-state index < -0.39 is 10.0 Å². The van der Waals surface area contributed by atoms with Gasteiger partial charge in [-0.25, -0.2) is 8.42 Å². The largest absolute Gasteiger partial charge is 0.369 e. The molecule has 0 radical (unpaired) electrons. The molecule has 0 aromatic heterocycles.